The van der Waals surface area contributed by atoms with Gasteiger partial charge in [-0.2, -0.15) is 5.10 Å². The molecule has 1 aliphatic heterocycles. The van der Waals surface area contributed by atoms with Gasteiger partial charge in [0.1, 0.15) is 0 Å². The van der Waals surface area contributed by atoms with Crippen LogP contribution in [-0.2, 0) is 18.3 Å². The van der Waals surface area contributed by atoms with Crippen LogP contribution in [0.4, 0.5) is 0 Å². The number of ketones is 1. The smallest absolute Gasteiger partial charge is 0.152 e. The third kappa shape index (κ3) is 4.20. The quantitative estimate of drug-likeness (QED) is 0.682. The van der Waals surface area contributed by atoms with E-state index >= 15 is 0 Å². The molecule has 0 aliphatic carbocycles. The molecule has 7 heteroatoms. The molecule has 1 aliphatic rings. The van der Waals surface area contributed by atoms with Crippen molar-refractivity contribution < 1.29 is 4.79 Å². The van der Waals surface area contributed by atoms with Gasteiger partial charge >= 0.3 is 0 Å². The maximum absolute atomic E-state index is 12.5. The number of fused-ring (bicyclic) bond motifs is 1. The van der Waals surface area contributed by atoms with Gasteiger partial charge in [0.05, 0.1) is 30.9 Å². The van der Waals surface area contributed by atoms with Gasteiger partial charge in [-0.3, -0.25) is 24.3 Å². The van der Waals surface area contributed by atoms with E-state index in [1.807, 2.05) is 31.7 Å². The van der Waals surface area contributed by atoms with E-state index in [4.69, 9.17) is 0 Å². The predicted molar refractivity (Wildman–Crippen MR) is 104 cm³/mol. The van der Waals surface area contributed by atoms with Crippen molar-refractivity contribution in [1.29, 1.82) is 0 Å². The molecule has 4 rings (SSSR count). The van der Waals surface area contributed by atoms with Crippen LogP contribution in [0.1, 0.15) is 5.69 Å². The molecular weight excluding hydrogens is 340 g/mol. The van der Waals surface area contributed by atoms with E-state index < -0.39 is 0 Å². The van der Waals surface area contributed by atoms with Gasteiger partial charge < -0.3 is 4.90 Å². The topological polar surface area (TPSA) is 67.2 Å². The first-order valence-corrected chi connectivity index (χ1v) is 9.23. The van der Waals surface area contributed by atoms with Gasteiger partial charge in [0, 0.05) is 67.8 Å². The van der Waals surface area contributed by atoms with Crippen molar-refractivity contribution in [1.82, 2.24) is 29.5 Å². The summed E-state index contributed by atoms with van der Waals surface area (Å²) in [5, 5.41) is 5.21. The van der Waals surface area contributed by atoms with Crippen LogP contribution in [0.5, 0.6) is 0 Å². The summed E-state index contributed by atoms with van der Waals surface area (Å²) in [4.78, 5) is 25.9. The van der Waals surface area contributed by atoms with E-state index in [9.17, 15) is 4.79 Å². The number of rotatable bonds is 5. The minimum absolute atomic E-state index is 0.211. The maximum atomic E-state index is 12.5. The molecule has 0 atom stereocenters. The highest BCUT2D eigenvalue weighted by atomic mass is 16.1. The largest absolute Gasteiger partial charge is 0.304 e. The van der Waals surface area contributed by atoms with Crippen LogP contribution < -0.4 is 0 Å². The van der Waals surface area contributed by atoms with Crippen molar-refractivity contribution in [2.75, 3.05) is 39.8 Å². The van der Waals surface area contributed by atoms with Crippen molar-refractivity contribution >= 4 is 16.7 Å². The minimum atomic E-state index is 0.211. The second-order valence-electron chi connectivity index (χ2n) is 7.29. The molecule has 0 radical (unpaired) electrons. The molecule has 0 unspecified atom stereocenters. The highest BCUT2D eigenvalue weighted by molar-refractivity contribution is 5.86. The number of pyridine rings is 2. The number of nitrogens with zero attached hydrogens (tertiary/aromatic N) is 6. The maximum Gasteiger partial charge on any atom is 0.152 e. The van der Waals surface area contributed by atoms with Crippen LogP contribution in [0.2, 0.25) is 0 Å². The van der Waals surface area contributed by atoms with Crippen LogP contribution in [0.25, 0.3) is 22.0 Å². The molecule has 0 bridgehead atoms. The lowest BCUT2D eigenvalue weighted by Gasteiger charge is -2.31. The number of carbonyl (C=O) groups is 1. The molecular formula is C20H24N6O. The Morgan fingerprint density at radius 2 is 1.81 bits per heavy atom. The number of hydrogen-bond acceptors (Lipinski definition) is 6. The van der Waals surface area contributed by atoms with Crippen molar-refractivity contribution in [2.24, 2.45) is 7.05 Å². The van der Waals surface area contributed by atoms with E-state index in [0.29, 0.717) is 13.0 Å². The molecule has 1 saturated heterocycles. The molecule has 7 nitrogen and oxygen atoms in total. The van der Waals surface area contributed by atoms with Crippen molar-refractivity contribution in [3.8, 4) is 11.1 Å². The average molecular weight is 364 g/mol. The lowest BCUT2D eigenvalue weighted by molar-refractivity contribution is -0.120. The van der Waals surface area contributed by atoms with Gasteiger partial charge in [0.15, 0.2) is 5.78 Å². The van der Waals surface area contributed by atoms with E-state index in [-0.39, 0.29) is 5.78 Å². The second-order valence-corrected chi connectivity index (χ2v) is 7.29. The zero-order chi connectivity index (χ0) is 18.8. The number of aryl methyl sites for hydroxylation is 1. The Balaban J connectivity index is 1.48. The molecule has 0 spiro atoms. The molecule has 140 valence electrons. The fraction of sp³-hybridized carbons (Fsp3) is 0.400. The fourth-order valence-electron chi connectivity index (χ4n) is 3.41. The third-order valence-electron chi connectivity index (χ3n) is 5.04. The molecule has 0 aromatic carbocycles. The molecule has 0 amide bonds. The van der Waals surface area contributed by atoms with Gasteiger partial charge in [-0.1, -0.05) is 0 Å². The number of Topliss-reactive ketones (excluding diaryl/α,β-unsaturated/α-hetero) is 1. The van der Waals surface area contributed by atoms with Crippen LogP contribution in [-0.4, -0.2) is 75.1 Å². The molecule has 0 N–H and O–H groups in total. The Hall–Kier alpha value is -2.64. The van der Waals surface area contributed by atoms with Gasteiger partial charge in [0.25, 0.3) is 0 Å². The Morgan fingerprint density at radius 1 is 1.00 bits per heavy atom. The first kappa shape index (κ1) is 17.8. The van der Waals surface area contributed by atoms with E-state index in [1.165, 1.54) is 0 Å². The molecule has 3 aromatic rings. The van der Waals surface area contributed by atoms with E-state index in [1.54, 1.807) is 10.9 Å². The average Bonchev–Trinajstić information content (AvgIpc) is 3.09. The summed E-state index contributed by atoms with van der Waals surface area (Å²) in [6, 6.07) is 4.06. The Morgan fingerprint density at radius 3 is 2.56 bits per heavy atom. The number of piperazine rings is 1. The number of carbonyl (C=O) groups excluding carboxylic acids is 1. The molecule has 1 fully saturated rings. The Labute approximate surface area is 158 Å². The Bertz CT molecular complexity index is 958. The standard InChI is InChI=1S/C20H24N6O/c1-24-3-5-26(6-4-24)14-19(27)9-18-8-15-7-16(10-22-20(15)12-21-18)17-11-23-25(2)13-17/h7-8,10-13H,3-6,9,14H2,1-2H3. The summed E-state index contributed by atoms with van der Waals surface area (Å²) < 4.78 is 1.77. The van der Waals surface area contributed by atoms with Crippen molar-refractivity contribution in [3.05, 3.63) is 42.6 Å². The highest BCUT2D eigenvalue weighted by Crippen LogP contribution is 2.22. The number of aromatic nitrogens is 4. The second kappa shape index (κ2) is 7.54. The highest BCUT2D eigenvalue weighted by Gasteiger charge is 2.17. The number of likely N-dealkylation sites (N-methyl/N-ethyl adjacent to an activating group) is 1. The molecule has 0 saturated carbocycles. The van der Waals surface area contributed by atoms with Gasteiger partial charge in [0.2, 0.25) is 0 Å². The van der Waals surface area contributed by atoms with Gasteiger partial charge in [-0.15, -0.1) is 0 Å². The molecule has 27 heavy (non-hydrogen) atoms. The zero-order valence-corrected chi connectivity index (χ0v) is 15.8. The summed E-state index contributed by atoms with van der Waals surface area (Å²) >= 11 is 0. The van der Waals surface area contributed by atoms with Crippen LogP contribution in [0.3, 0.4) is 0 Å². The van der Waals surface area contributed by atoms with Crippen LogP contribution in [0, 0.1) is 0 Å². The lowest BCUT2D eigenvalue weighted by atomic mass is 10.1. The third-order valence-corrected chi connectivity index (χ3v) is 5.04. The fourth-order valence-corrected chi connectivity index (χ4v) is 3.41. The molecule has 4 heterocycles. The Kier molecular flexibility index (Phi) is 4.96. The van der Waals surface area contributed by atoms with Crippen molar-refractivity contribution in [3.63, 3.8) is 0 Å². The number of hydrogen-bond donors (Lipinski definition) is 0. The first-order chi connectivity index (χ1) is 13.1. The predicted octanol–water partition coefficient (Wildman–Crippen LogP) is 1.39. The zero-order valence-electron chi connectivity index (χ0n) is 15.8. The van der Waals surface area contributed by atoms with Crippen LogP contribution >= 0.6 is 0 Å². The van der Waals surface area contributed by atoms with E-state index in [2.05, 4.69) is 38.0 Å². The summed E-state index contributed by atoms with van der Waals surface area (Å²) in [6.07, 6.45) is 7.73. The molecule has 3 aromatic heterocycles. The summed E-state index contributed by atoms with van der Waals surface area (Å²) in [6.45, 7) is 4.44. The van der Waals surface area contributed by atoms with Crippen molar-refractivity contribution in [2.45, 2.75) is 6.42 Å². The summed E-state index contributed by atoms with van der Waals surface area (Å²) in [5.74, 6) is 0.211. The lowest BCUT2D eigenvalue weighted by Crippen LogP contribution is -2.46. The summed E-state index contributed by atoms with van der Waals surface area (Å²) in [7, 11) is 4.01. The summed E-state index contributed by atoms with van der Waals surface area (Å²) in [5.41, 5.74) is 3.66. The monoisotopic (exact) mass is 364 g/mol. The SMILES string of the molecule is CN1CCN(CC(=O)Cc2cc3cc(-c4cnn(C)c4)cnc3cn2)CC1. The van der Waals surface area contributed by atoms with Gasteiger partial charge in [-0.05, 0) is 19.2 Å². The van der Waals surface area contributed by atoms with E-state index in [0.717, 1.165) is 53.9 Å². The van der Waals surface area contributed by atoms with Gasteiger partial charge in [-0.25, -0.2) is 0 Å². The normalized spacial score (nSPS) is 16.1. The first-order valence-electron chi connectivity index (χ1n) is 9.23. The minimum Gasteiger partial charge on any atom is -0.304 e. The van der Waals surface area contributed by atoms with Crippen LogP contribution in [0.15, 0.2) is 36.9 Å².